The molecule has 0 aliphatic carbocycles. The Labute approximate surface area is 115 Å². The van der Waals surface area contributed by atoms with Crippen LogP contribution in [0.25, 0.3) is 0 Å². The standard InChI is InChI=1S/C16H24FNO/c1-10-5-6-12(3)18(9-10)16-7-11(2)15(17)8-14(16)13(4)19/h7-8,10,12-13,19H,5-6,9H2,1-4H3/t10?,12?,13-/m1/s1. The molecule has 0 saturated carbocycles. The Morgan fingerprint density at radius 1 is 1.32 bits per heavy atom. The van der Waals surface area contributed by atoms with E-state index < -0.39 is 6.10 Å². The number of aliphatic hydroxyl groups is 1. The van der Waals surface area contributed by atoms with Gasteiger partial charge in [0.1, 0.15) is 5.82 Å². The fourth-order valence-corrected chi connectivity index (χ4v) is 2.89. The van der Waals surface area contributed by atoms with E-state index in [0.717, 1.165) is 18.7 Å². The quantitative estimate of drug-likeness (QED) is 0.879. The molecule has 2 nitrogen and oxygen atoms in total. The Kier molecular flexibility index (Phi) is 4.14. The highest BCUT2D eigenvalue weighted by molar-refractivity contribution is 5.57. The third-order valence-corrected chi connectivity index (χ3v) is 4.19. The fourth-order valence-electron chi connectivity index (χ4n) is 2.89. The number of benzene rings is 1. The molecule has 1 aromatic rings. The first-order valence-electron chi connectivity index (χ1n) is 7.15. The molecule has 0 amide bonds. The van der Waals surface area contributed by atoms with Crippen molar-refractivity contribution < 1.29 is 9.50 Å². The van der Waals surface area contributed by atoms with Gasteiger partial charge in [-0.1, -0.05) is 6.92 Å². The predicted molar refractivity (Wildman–Crippen MR) is 77.0 cm³/mol. The van der Waals surface area contributed by atoms with Crippen molar-refractivity contribution in [2.45, 2.75) is 52.7 Å². The number of piperidine rings is 1. The van der Waals surface area contributed by atoms with Crippen molar-refractivity contribution in [3.63, 3.8) is 0 Å². The summed E-state index contributed by atoms with van der Waals surface area (Å²) in [5.41, 5.74) is 2.34. The number of halogens is 1. The Morgan fingerprint density at radius 3 is 2.63 bits per heavy atom. The van der Waals surface area contributed by atoms with E-state index in [4.69, 9.17) is 0 Å². The van der Waals surface area contributed by atoms with Gasteiger partial charge in [-0.05, 0) is 57.2 Å². The zero-order valence-electron chi connectivity index (χ0n) is 12.3. The maximum Gasteiger partial charge on any atom is 0.126 e. The number of hydrogen-bond donors (Lipinski definition) is 1. The van der Waals surface area contributed by atoms with E-state index in [1.165, 1.54) is 12.5 Å². The summed E-state index contributed by atoms with van der Waals surface area (Å²) in [5.74, 6) is 0.403. The van der Waals surface area contributed by atoms with Gasteiger partial charge in [-0.25, -0.2) is 4.39 Å². The lowest BCUT2D eigenvalue weighted by atomic mass is 9.92. The number of hydrogen-bond acceptors (Lipinski definition) is 2. The minimum atomic E-state index is -0.644. The van der Waals surface area contributed by atoms with Crippen LogP contribution in [0.2, 0.25) is 0 Å². The highest BCUT2D eigenvalue weighted by Gasteiger charge is 2.26. The highest BCUT2D eigenvalue weighted by Crippen LogP contribution is 2.34. The van der Waals surface area contributed by atoms with E-state index in [2.05, 4.69) is 18.7 Å². The van der Waals surface area contributed by atoms with Crippen molar-refractivity contribution in [2.24, 2.45) is 5.92 Å². The van der Waals surface area contributed by atoms with E-state index in [0.29, 0.717) is 23.1 Å². The van der Waals surface area contributed by atoms with Gasteiger partial charge in [0.2, 0.25) is 0 Å². The average Bonchev–Trinajstić information content (AvgIpc) is 2.35. The van der Waals surface area contributed by atoms with Crippen LogP contribution in [0, 0.1) is 18.7 Å². The van der Waals surface area contributed by atoms with E-state index in [1.54, 1.807) is 13.8 Å². The number of rotatable bonds is 2. The summed E-state index contributed by atoms with van der Waals surface area (Å²) < 4.78 is 13.7. The maximum atomic E-state index is 13.7. The summed E-state index contributed by atoms with van der Waals surface area (Å²) in [5, 5.41) is 9.91. The lowest BCUT2D eigenvalue weighted by Crippen LogP contribution is -2.41. The van der Waals surface area contributed by atoms with Crippen LogP contribution in [0.15, 0.2) is 12.1 Å². The molecule has 1 saturated heterocycles. The third kappa shape index (κ3) is 2.92. The fraction of sp³-hybridized carbons (Fsp3) is 0.625. The first-order chi connectivity index (χ1) is 8.90. The largest absolute Gasteiger partial charge is 0.389 e. The summed E-state index contributed by atoms with van der Waals surface area (Å²) in [6.45, 7) is 8.91. The summed E-state index contributed by atoms with van der Waals surface area (Å²) >= 11 is 0. The molecule has 0 aromatic heterocycles. The predicted octanol–water partition coefficient (Wildman–Crippen LogP) is 3.81. The third-order valence-electron chi connectivity index (χ3n) is 4.19. The van der Waals surface area contributed by atoms with Crippen LogP contribution in [-0.4, -0.2) is 17.7 Å². The molecule has 0 bridgehead atoms. The van der Waals surface area contributed by atoms with Crippen LogP contribution in [-0.2, 0) is 0 Å². The highest BCUT2D eigenvalue weighted by atomic mass is 19.1. The molecule has 19 heavy (non-hydrogen) atoms. The molecule has 106 valence electrons. The second-order valence-corrected chi connectivity index (χ2v) is 6.02. The van der Waals surface area contributed by atoms with Gasteiger partial charge in [0.05, 0.1) is 6.10 Å². The Morgan fingerprint density at radius 2 is 2.00 bits per heavy atom. The van der Waals surface area contributed by atoms with Crippen LogP contribution in [0.1, 0.15) is 50.8 Å². The molecule has 3 heteroatoms. The molecule has 1 aromatic carbocycles. The van der Waals surface area contributed by atoms with Crippen molar-refractivity contribution in [2.75, 3.05) is 11.4 Å². The van der Waals surface area contributed by atoms with Crippen LogP contribution in [0.3, 0.4) is 0 Å². The lowest BCUT2D eigenvalue weighted by Gasteiger charge is -2.40. The van der Waals surface area contributed by atoms with Gasteiger partial charge in [0.25, 0.3) is 0 Å². The molecule has 3 atom stereocenters. The smallest absolute Gasteiger partial charge is 0.126 e. The maximum absolute atomic E-state index is 13.7. The van der Waals surface area contributed by atoms with Crippen LogP contribution in [0.4, 0.5) is 10.1 Å². The van der Waals surface area contributed by atoms with Crippen LogP contribution in [0.5, 0.6) is 0 Å². The number of aliphatic hydroxyl groups excluding tert-OH is 1. The van der Waals surface area contributed by atoms with Crippen molar-refractivity contribution in [3.8, 4) is 0 Å². The number of nitrogens with zero attached hydrogens (tertiary/aromatic N) is 1. The normalized spacial score (nSPS) is 25.5. The molecule has 0 spiro atoms. The minimum Gasteiger partial charge on any atom is -0.389 e. The van der Waals surface area contributed by atoms with Gasteiger partial charge in [-0.2, -0.15) is 0 Å². The summed E-state index contributed by atoms with van der Waals surface area (Å²) in [4.78, 5) is 2.32. The van der Waals surface area contributed by atoms with Crippen LogP contribution < -0.4 is 4.90 Å². The monoisotopic (exact) mass is 265 g/mol. The Bertz CT molecular complexity index is 458. The van der Waals surface area contributed by atoms with Crippen molar-refractivity contribution in [1.82, 2.24) is 0 Å². The van der Waals surface area contributed by atoms with Crippen molar-refractivity contribution in [3.05, 3.63) is 29.1 Å². The molecular formula is C16H24FNO. The first-order valence-corrected chi connectivity index (χ1v) is 7.15. The summed E-state index contributed by atoms with van der Waals surface area (Å²) in [6.07, 6.45) is 1.74. The number of anilines is 1. The molecular weight excluding hydrogens is 241 g/mol. The van der Waals surface area contributed by atoms with Gasteiger partial charge in [0.15, 0.2) is 0 Å². The molecule has 1 heterocycles. The van der Waals surface area contributed by atoms with E-state index in [9.17, 15) is 9.50 Å². The van der Waals surface area contributed by atoms with Gasteiger partial charge < -0.3 is 10.0 Å². The van der Waals surface area contributed by atoms with E-state index in [1.807, 2.05) is 6.07 Å². The molecule has 2 unspecified atom stereocenters. The van der Waals surface area contributed by atoms with Crippen molar-refractivity contribution in [1.29, 1.82) is 0 Å². The topological polar surface area (TPSA) is 23.5 Å². The molecule has 1 aliphatic rings. The minimum absolute atomic E-state index is 0.239. The van der Waals surface area contributed by atoms with Crippen molar-refractivity contribution >= 4 is 5.69 Å². The second-order valence-electron chi connectivity index (χ2n) is 6.02. The lowest BCUT2D eigenvalue weighted by molar-refractivity contribution is 0.198. The molecule has 2 rings (SSSR count). The molecule has 1 fully saturated rings. The summed E-state index contributed by atoms with van der Waals surface area (Å²) in [6, 6.07) is 3.81. The summed E-state index contributed by atoms with van der Waals surface area (Å²) in [7, 11) is 0. The van der Waals surface area contributed by atoms with Gasteiger partial charge in [-0.3, -0.25) is 0 Å². The molecule has 0 radical (unpaired) electrons. The zero-order chi connectivity index (χ0) is 14.2. The number of aryl methyl sites for hydroxylation is 1. The molecule has 1 aliphatic heterocycles. The van der Waals surface area contributed by atoms with E-state index in [-0.39, 0.29) is 5.82 Å². The van der Waals surface area contributed by atoms with Gasteiger partial charge >= 0.3 is 0 Å². The average molecular weight is 265 g/mol. The van der Waals surface area contributed by atoms with E-state index >= 15 is 0 Å². The van der Waals surface area contributed by atoms with Crippen LogP contribution >= 0.6 is 0 Å². The molecule has 1 N–H and O–H groups in total. The first kappa shape index (κ1) is 14.3. The zero-order valence-corrected chi connectivity index (χ0v) is 12.3. The Hall–Kier alpha value is -1.09. The Balaban J connectivity index is 2.44. The van der Waals surface area contributed by atoms with Gasteiger partial charge in [-0.15, -0.1) is 0 Å². The SMILES string of the molecule is Cc1cc(N2CC(C)CCC2C)c([C@@H](C)O)cc1F. The second kappa shape index (κ2) is 5.49. The van der Waals surface area contributed by atoms with Gasteiger partial charge in [0, 0.05) is 23.8 Å².